The van der Waals surface area contributed by atoms with Gasteiger partial charge in [0.1, 0.15) is 13.2 Å². The first-order valence-corrected chi connectivity index (χ1v) is 7.36. The number of hydrogen-bond acceptors (Lipinski definition) is 4. The number of ether oxygens (including phenoxy) is 2. The Bertz CT molecular complexity index is 693. The van der Waals surface area contributed by atoms with Crippen molar-refractivity contribution < 1.29 is 17.9 Å². The van der Waals surface area contributed by atoms with Crippen LogP contribution in [0.3, 0.4) is 0 Å². The zero-order chi connectivity index (χ0) is 13.3. The van der Waals surface area contributed by atoms with Gasteiger partial charge in [-0.1, -0.05) is 18.2 Å². The van der Waals surface area contributed by atoms with Crippen LogP contribution in [0.4, 0.5) is 0 Å². The van der Waals surface area contributed by atoms with Crippen LogP contribution < -0.4 is 9.47 Å². The highest BCUT2D eigenvalue weighted by Gasteiger charge is 2.20. The first-order chi connectivity index (χ1) is 9.18. The summed E-state index contributed by atoms with van der Waals surface area (Å²) in [5.41, 5.74) is 0. The molecule has 1 aliphatic heterocycles. The summed E-state index contributed by atoms with van der Waals surface area (Å²) in [6.07, 6.45) is 0. The van der Waals surface area contributed by atoms with E-state index in [4.69, 9.17) is 9.47 Å². The molecule has 0 atom stereocenters. The molecule has 2 aromatic rings. The minimum Gasteiger partial charge on any atom is -0.486 e. The lowest BCUT2D eigenvalue weighted by Gasteiger charge is -2.18. The van der Waals surface area contributed by atoms with E-state index in [9.17, 15) is 8.42 Å². The molecule has 3 rings (SSSR count). The molecule has 4 nitrogen and oxygen atoms in total. The van der Waals surface area contributed by atoms with Gasteiger partial charge in [0.15, 0.2) is 11.5 Å². The summed E-state index contributed by atoms with van der Waals surface area (Å²) in [6.45, 7) is 0.916. The molecule has 0 unspecified atom stereocenters. The van der Waals surface area contributed by atoms with Gasteiger partial charge in [-0.25, -0.2) is 8.42 Å². The highest BCUT2D eigenvalue weighted by Crippen LogP contribution is 2.33. The van der Waals surface area contributed by atoms with Gasteiger partial charge >= 0.3 is 0 Å². The second-order valence-corrected chi connectivity index (χ2v) is 6.07. The first kappa shape index (κ1) is 12.0. The van der Waals surface area contributed by atoms with Gasteiger partial charge in [0.2, 0.25) is 9.84 Å². The smallest absolute Gasteiger partial charge is 0.206 e. The molecule has 1 heterocycles. The van der Waals surface area contributed by atoms with Crippen molar-refractivity contribution in [2.45, 2.75) is 9.79 Å². The minimum absolute atomic E-state index is 0.211. The molecule has 0 saturated heterocycles. The SMILES string of the molecule is O=S(=O)(c1ccccc1)c1ccc2c(c1)OCCO2. The van der Waals surface area contributed by atoms with Gasteiger partial charge in [0.05, 0.1) is 9.79 Å². The second kappa shape index (κ2) is 4.59. The van der Waals surface area contributed by atoms with E-state index in [1.54, 1.807) is 36.4 Å². The number of sulfone groups is 1. The van der Waals surface area contributed by atoms with Gasteiger partial charge in [-0.05, 0) is 24.3 Å². The number of rotatable bonds is 2. The van der Waals surface area contributed by atoms with Gasteiger partial charge in [-0.15, -0.1) is 0 Å². The highest BCUT2D eigenvalue weighted by molar-refractivity contribution is 7.91. The monoisotopic (exact) mass is 276 g/mol. The number of benzene rings is 2. The van der Waals surface area contributed by atoms with Crippen LogP contribution in [0.5, 0.6) is 11.5 Å². The molecule has 0 spiro atoms. The fraction of sp³-hybridized carbons (Fsp3) is 0.143. The molecule has 2 aromatic carbocycles. The molecule has 0 fully saturated rings. The van der Waals surface area contributed by atoms with Crippen LogP contribution >= 0.6 is 0 Å². The van der Waals surface area contributed by atoms with Crippen LogP contribution in [0, 0.1) is 0 Å². The van der Waals surface area contributed by atoms with Crippen LogP contribution in [0.2, 0.25) is 0 Å². The molecule has 0 N–H and O–H groups in total. The number of hydrogen-bond donors (Lipinski definition) is 0. The molecule has 19 heavy (non-hydrogen) atoms. The third-order valence-electron chi connectivity index (χ3n) is 2.88. The molecule has 0 bridgehead atoms. The van der Waals surface area contributed by atoms with Crippen LogP contribution in [0.15, 0.2) is 58.3 Å². The third kappa shape index (κ3) is 2.17. The fourth-order valence-electron chi connectivity index (χ4n) is 1.93. The van der Waals surface area contributed by atoms with Crippen molar-refractivity contribution >= 4 is 9.84 Å². The van der Waals surface area contributed by atoms with Crippen molar-refractivity contribution in [1.29, 1.82) is 0 Å². The average molecular weight is 276 g/mol. The van der Waals surface area contributed by atoms with Crippen molar-refractivity contribution in [1.82, 2.24) is 0 Å². The molecule has 1 aliphatic rings. The lowest BCUT2D eigenvalue weighted by atomic mass is 10.3. The van der Waals surface area contributed by atoms with Gasteiger partial charge in [-0.3, -0.25) is 0 Å². The van der Waals surface area contributed by atoms with E-state index >= 15 is 0 Å². The van der Waals surface area contributed by atoms with E-state index in [1.807, 2.05) is 0 Å². The molecule has 0 aliphatic carbocycles. The Balaban J connectivity index is 2.07. The van der Waals surface area contributed by atoms with Crippen LogP contribution in [0.1, 0.15) is 0 Å². The number of fused-ring (bicyclic) bond motifs is 1. The van der Waals surface area contributed by atoms with Crippen molar-refractivity contribution in [2.24, 2.45) is 0 Å². The van der Waals surface area contributed by atoms with Gasteiger partial charge in [0.25, 0.3) is 0 Å². The second-order valence-electron chi connectivity index (χ2n) is 4.12. The standard InChI is InChI=1S/C14H12O4S/c15-19(16,11-4-2-1-3-5-11)12-6-7-13-14(10-12)18-9-8-17-13/h1-7,10H,8-9H2. The predicted octanol–water partition coefficient (Wildman–Crippen LogP) is 2.29. The fourth-order valence-corrected chi connectivity index (χ4v) is 3.22. The molecule has 0 saturated carbocycles. The van der Waals surface area contributed by atoms with Crippen molar-refractivity contribution in [3.63, 3.8) is 0 Å². The van der Waals surface area contributed by atoms with Crippen molar-refractivity contribution in [2.75, 3.05) is 13.2 Å². The van der Waals surface area contributed by atoms with Crippen molar-refractivity contribution in [3.8, 4) is 11.5 Å². The average Bonchev–Trinajstić information content (AvgIpc) is 2.47. The Hall–Kier alpha value is -2.01. The summed E-state index contributed by atoms with van der Waals surface area (Å²) in [6, 6.07) is 13.0. The topological polar surface area (TPSA) is 52.6 Å². The Morgan fingerprint density at radius 3 is 2.21 bits per heavy atom. The molecule has 0 radical (unpaired) electrons. The third-order valence-corrected chi connectivity index (χ3v) is 4.64. The maximum absolute atomic E-state index is 12.4. The van der Waals surface area contributed by atoms with E-state index in [0.717, 1.165) is 0 Å². The zero-order valence-corrected chi connectivity index (χ0v) is 10.9. The van der Waals surface area contributed by atoms with Gasteiger partial charge in [-0.2, -0.15) is 0 Å². The maximum Gasteiger partial charge on any atom is 0.206 e. The summed E-state index contributed by atoms with van der Waals surface area (Å²) < 4.78 is 35.6. The Morgan fingerprint density at radius 2 is 1.47 bits per heavy atom. The first-order valence-electron chi connectivity index (χ1n) is 5.88. The summed E-state index contributed by atoms with van der Waals surface area (Å²) >= 11 is 0. The quantitative estimate of drug-likeness (QED) is 0.844. The van der Waals surface area contributed by atoms with Crippen LogP contribution in [-0.2, 0) is 9.84 Å². The lowest BCUT2D eigenvalue weighted by molar-refractivity contribution is 0.171. The van der Waals surface area contributed by atoms with E-state index in [1.165, 1.54) is 12.1 Å². The van der Waals surface area contributed by atoms with E-state index < -0.39 is 9.84 Å². The molecule has 0 aromatic heterocycles. The van der Waals surface area contributed by atoms with Crippen LogP contribution in [-0.4, -0.2) is 21.6 Å². The van der Waals surface area contributed by atoms with Gasteiger partial charge in [0, 0.05) is 6.07 Å². The van der Waals surface area contributed by atoms with Crippen LogP contribution in [0.25, 0.3) is 0 Å². The summed E-state index contributed by atoms with van der Waals surface area (Å²) in [4.78, 5) is 0.481. The zero-order valence-electron chi connectivity index (χ0n) is 10.1. The molecular weight excluding hydrogens is 264 g/mol. The largest absolute Gasteiger partial charge is 0.486 e. The molecule has 98 valence electrons. The minimum atomic E-state index is -3.51. The van der Waals surface area contributed by atoms with E-state index in [2.05, 4.69) is 0 Å². The summed E-state index contributed by atoms with van der Waals surface area (Å²) in [5.74, 6) is 1.06. The van der Waals surface area contributed by atoms with E-state index in [0.29, 0.717) is 24.7 Å². The molecule has 5 heteroatoms. The maximum atomic E-state index is 12.4. The summed E-state index contributed by atoms with van der Waals surface area (Å²) in [5, 5.41) is 0. The van der Waals surface area contributed by atoms with Crippen molar-refractivity contribution in [3.05, 3.63) is 48.5 Å². The Labute approximate surface area is 111 Å². The summed E-state index contributed by atoms with van der Waals surface area (Å²) in [7, 11) is -3.51. The Morgan fingerprint density at radius 1 is 0.789 bits per heavy atom. The molecular formula is C14H12O4S. The Kier molecular flexibility index (Phi) is 2.91. The lowest BCUT2D eigenvalue weighted by Crippen LogP contribution is -2.15. The molecule has 0 amide bonds. The van der Waals surface area contributed by atoms with Gasteiger partial charge < -0.3 is 9.47 Å². The normalized spacial score (nSPS) is 14.1. The predicted molar refractivity (Wildman–Crippen MR) is 69.3 cm³/mol. The highest BCUT2D eigenvalue weighted by atomic mass is 32.2. The van der Waals surface area contributed by atoms with E-state index in [-0.39, 0.29) is 9.79 Å².